The third kappa shape index (κ3) is 2.24. The summed E-state index contributed by atoms with van der Waals surface area (Å²) in [5.41, 5.74) is 2.77. The quantitative estimate of drug-likeness (QED) is 0.857. The van der Waals surface area contributed by atoms with Crippen molar-refractivity contribution in [1.82, 2.24) is 4.90 Å². The van der Waals surface area contributed by atoms with E-state index in [0.717, 1.165) is 29.8 Å². The second-order valence-corrected chi connectivity index (χ2v) is 5.03. The maximum atomic E-state index is 13.5. The molecule has 0 saturated carbocycles. The summed E-state index contributed by atoms with van der Waals surface area (Å²) in [4.78, 5) is 13.4. The first kappa shape index (κ1) is 13.0. The average Bonchev–Trinajstić information content (AvgIpc) is 2.46. The molecule has 1 aromatic rings. The number of nitrogens with one attached hydrogen (secondary N) is 1. The van der Waals surface area contributed by atoms with Crippen LogP contribution in [0.4, 0.5) is 14.9 Å². The molecule has 0 aromatic heterocycles. The van der Waals surface area contributed by atoms with Gasteiger partial charge in [-0.2, -0.15) is 0 Å². The highest BCUT2D eigenvalue weighted by atomic mass is 19.1. The number of nitrogens with zero attached hydrogens (tertiary/aromatic N) is 1. The molecule has 2 heterocycles. The van der Waals surface area contributed by atoms with Crippen LogP contribution in [0.15, 0.2) is 24.4 Å². The first-order chi connectivity index (χ1) is 9.69. The van der Waals surface area contributed by atoms with E-state index in [9.17, 15) is 9.18 Å². The van der Waals surface area contributed by atoms with E-state index < -0.39 is 0 Å². The van der Waals surface area contributed by atoms with Crippen LogP contribution in [0.2, 0.25) is 0 Å². The Kier molecular flexibility index (Phi) is 3.34. The zero-order valence-electron chi connectivity index (χ0n) is 11.4. The lowest BCUT2D eigenvalue weighted by Gasteiger charge is -2.35. The first-order valence-electron chi connectivity index (χ1n) is 6.88. The molecule has 0 fully saturated rings. The number of carbonyl (C=O) groups excluding carboxylic acids is 1. The highest BCUT2D eigenvalue weighted by molar-refractivity contribution is 5.83. The summed E-state index contributed by atoms with van der Waals surface area (Å²) in [5.74, 6) is 0.0512. The minimum atomic E-state index is -0.338. The van der Waals surface area contributed by atoms with Crippen molar-refractivity contribution >= 4 is 17.4 Å². The number of amides is 1. The van der Waals surface area contributed by atoms with Gasteiger partial charge in [0.2, 0.25) is 0 Å². The van der Waals surface area contributed by atoms with E-state index in [4.69, 9.17) is 4.74 Å². The molecule has 0 spiro atoms. The zero-order chi connectivity index (χ0) is 14.1. The van der Waals surface area contributed by atoms with Crippen molar-refractivity contribution < 1.29 is 13.9 Å². The van der Waals surface area contributed by atoms with E-state index in [0.29, 0.717) is 19.1 Å². The molecule has 2 aliphatic rings. The Hall–Kier alpha value is -2.04. The molecule has 5 heteroatoms. The fourth-order valence-corrected chi connectivity index (χ4v) is 2.78. The number of ether oxygens (including phenoxy) is 1. The van der Waals surface area contributed by atoms with E-state index in [2.05, 4.69) is 5.32 Å². The lowest BCUT2D eigenvalue weighted by atomic mass is 9.84. The van der Waals surface area contributed by atoms with Gasteiger partial charge in [0.05, 0.1) is 6.61 Å². The highest BCUT2D eigenvalue weighted by Gasteiger charge is 2.30. The molecule has 1 aromatic carbocycles. The second kappa shape index (κ2) is 5.15. The monoisotopic (exact) mass is 276 g/mol. The molecule has 0 aliphatic carbocycles. The molecule has 0 radical (unpaired) electrons. The number of hydrogen-bond donors (Lipinski definition) is 1. The summed E-state index contributed by atoms with van der Waals surface area (Å²) in [5, 5.41) is 3.32. The van der Waals surface area contributed by atoms with Crippen LogP contribution in [0.1, 0.15) is 18.9 Å². The van der Waals surface area contributed by atoms with Crippen LogP contribution in [-0.2, 0) is 4.74 Å². The normalized spacial score (nSPS) is 20.4. The summed E-state index contributed by atoms with van der Waals surface area (Å²) < 4.78 is 18.5. The highest BCUT2D eigenvalue weighted by Crippen LogP contribution is 2.39. The number of rotatable bonds is 1. The van der Waals surface area contributed by atoms with Gasteiger partial charge in [-0.05, 0) is 37.1 Å². The zero-order valence-corrected chi connectivity index (χ0v) is 11.4. The molecule has 4 nitrogen and oxygen atoms in total. The molecule has 3 rings (SSSR count). The Bertz CT molecular complexity index is 571. The molecule has 1 amide bonds. The van der Waals surface area contributed by atoms with Gasteiger partial charge in [0.15, 0.2) is 0 Å². The van der Waals surface area contributed by atoms with E-state index in [-0.39, 0.29) is 11.9 Å². The number of benzene rings is 1. The van der Waals surface area contributed by atoms with E-state index in [1.807, 2.05) is 6.20 Å². The fourth-order valence-electron chi connectivity index (χ4n) is 2.78. The standard InChI is InChI=1S/C15H17FN2O2/c1-2-20-15(19)18-6-5-10-8-17-14-4-3-11(16)7-12(14)13(10)9-18/h3-4,7,9-10,17H,2,5-6,8H2,1H3. The number of fused-ring (bicyclic) bond motifs is 3. The lowest BCUT2D eigenvalue weighted by molar-refractivity contribution is 0.119. The summed E-state index contributed by atoms with van der Waals surface area (Å²) in [6, 6.07) is 4.71. The van der Waals surface area contributed by atoms with Crippen molar-refractivity contribution in [2.45, 2.75) is 13.3 Å². The third-order valence-corrected chi connectivity index (χ3v) is 3.79. The first-order valence-corrected chi connectivity index (χ1v) is 6.88. The number of carbonyl (C=O) groups is 1. The minimum absolute atomic E-state index is 0.264. The molecule has 1 unspecified atom stereocenters. The predicted molar refractivity (Wildman–Crippen MR) is 74.7 cm³/mol. The molecule has 1 N–H and O–H groups in total. The maximum absolute atomic E-state index is 13.5. The smallest absolute Gasteiger partial charge is 0.413 e. The maximum Gasteiger partial charge on any atom is 0.413 e. The molecule has 20 heavy (non-hydrogen) atoms. The van der Waals surface area contributed by atoms with Crippen molar-refractivity contribution in [3.63, 3.8) is 0 Å². The Morgan fingerprint density at radius 2 is 2.40 bits per heavy atom. The predicted octanol–water partition coefficient (Wildman–Crippen LogP) is 3.07. The van der Waals surface area contributed by atoms with Gasteiger partial charge in [-0.25, -0.2) is 9.18 Å². The van der Waals surface area contributed by atoms with Gasteiger partial charge in [0.1, 0.15) is 5.82 Å². The van der Waals surface area contributed by atoms with Crippen LogP contribution in [0.5, 0.6) is 0 Å². The van der Waals surface area contributed by atoms with Gasteiger partial charge in [0.25, 0.3) is 0 Å². The molecule has 0 saturated heterocycles. The SMILES string of the molecule is CCOC(=O)N1C=C2c3cc(F)ccc3NCC2CC1. The van der Waals surface area contributed by atoms with Crippen LogP contribution in [-0.4, -0.2) is 30.7 Å². The van der Waals surface area contributed by atoms with Gasteiger partial charge in [0, 0.05) is 36.5 Å². The van der Waals surface area contributed by atoms with Gasteiger partial charge >= 0.3 is 6.09 Å². The van der Waals surface area contributed by atoms with Gasteiger partial charge in [-0.1, -0.05) is 0 Å². The van der Waals surface area contributed by atoms with E-state index in [1.54, 1.807) is 17.9 Å². The number of anilines is 1. The number of halogens is 1. The van der Waals surface area contributed by atoms with Crippen molar-refractivity contribution in [2.75, 3.05) is 25.0 Å². The molecule has 2 aliphatic heterocycles. The fraction of sp³-hybridized carbons (Fsp3) is 0.400. The van der Waals surface area contributed by atoms with Crippen molar-refractivity contribution in [2.24, 2.45) is 5.92 Å². The summed E-state index contributed by atoms with van der Waals surface area (Å²) in [6.45, 7) is 3.60. The van der Waals surface area contributed by atoms with Gasteiger partial charge in [-0.3, -0.25) is 4.90 Å². The van der Waals surface area contributed by atoms with Crippen LogP contribution in [0.25, 0.3) is 5.57 Å². The summed E-state index contributed by atoms with van der Waals surface area (Å²) >= 11 is 0. The Morgan fingerprint density at radius 1 is 1.55 bits per heavy atom. The number of hydrogen-bond acceptors (Lipinski definition) is 3. The molecular weight excluding hydrogens is 259 g/mol. The van der Waals surface area contributed by atoms with Crippen molar-refractivity contribution in [3.8, 4) is 0 Å². The average molecular weight is 276 g/mol. The van der Waals surface area contributed by atoms with Gasteiger partial charge < -0.3 is 10.1 Å². The Labute approximate surface area is 117 Å². The van der Waals surface area contributed by atoms with E-state index >= 15 is 0 Å². The lowest BCUT2D eigenvalue weighted by Crippen LogP contribution is -2.36. The summed E-state index contributed by atoms with van der Waals surface area (Å²) in [7, 11) is 0. The van der Waals surface area contributed by atoms with Crippen molar-refractivity contribution in [1.29, 1.82) is 0 Å². The van der Waals surface area contributed by atoms with Gasteiger partial charge in [-0.15, -0.1) is 0 Å². The largest absolute Gasteiger partial charge is 0.449 e. The van der Waals surface area contributed by atoms with Crippen LogP contribution in [0, 0.1) is 11.7 Å². The molecular formula is C15H17FN2O2. The Morgan fingerprint density at radius 3 is 3.20 bits per heavy atom. The Balaban J connectivity index is 1.96. The van der Waals surface area contributed by atoms with Crippen LogP contribution >= 0.6 is 0 Å². The van der Waals surface area contributed by atoms with Crippen LogP contribution < -0.4 is 5.32 Å². The second-order valence-electron chi connectivity index (χ2n) is 5.03. The van der Waals surface area contributed by atoms with Crippen LogP contribution in [0.3, 0.4) is 0 Å². The summed E-state index contributed by atoms with van der Waals surface area (Å²) in [6.07, 6.45) is 2.33. The van der Waals surface area contributed by atoms with E-state index in [1.165, 1.54) is 12.1 Å². The minimum Gasteiger partial charge on any atom is -0.449 e. The molecule has 1 atom stereocenters. The molecule has 106 valence electrons. The molecule has 0 bridgehead atoms. The third-order valence-electron chi connectivity index (χ3n) is 3.79. The van der Waals surface area contributed by atoms with Crippen molar-refractivity contribution in [3.05, 3.63) is 35.8 Å². The topological polar surface area (TPSA) is 41.6 Å².